The van der Waals surface area contributed by atoms with Crippen molar-refractivity contribution in [2.45, 2.75) is 6.54 Å². The number of rotatable bonds is 6. The van der Waals surface area contributed by atoms with Crippen LogP contribution in [0.1, 0.15) is 5.56 Å². The number of methoxy groups -OCH3 is 3. The van der Waals surface area contributed by atoms with Crippen LogP contribution in [0.3, 0.4) is 0 Å². The second kappa shape index (κ2) is 7.08. The van der Waals surface area contributed by atoms with Crippen molar-refractivity contribution in [3.8, 4) is 28.6 Å². The van der Waals surface area contributed by atoms with E-state index in [0.29, 0.717) is 23.8 Å². The van der Waals surface area contributed by atoms with Crippen LogP contribution in [-0.2, 0) is 6.54 Å². The van der Waals surface area contributed by atoms with Crippen LogP contribution in [0.4, 0.5) is 5.95 Å². The highest BCUT2D eigenvalue weighted by atomic mass is 16.5. The van der Waals surface area contributed by atoms with Crippen LogP contribution >= 0.6 is 0 Å². The molecule has 25 heavy (non-hydrogen) atoms. The van der Waals surface area contributed by atoms with E-state index in [1.54, 1.807) is 39.9 Å². The number of hydrogen-bond donors (Lipinski definition) is 1. The number of anilines is 1. The van der Waals surface area contributed by atoms with Gasteiger partial charge in [-0.25, -0.2) is 15.0 Å². The summed E-state index contributed by atoms with van der Waals surface area (Å²) in [6, 6.07) is 3.81. The van der Waals surface area contributed by atoms with E-state index < -0.39 is 0 Å². The highest BCUT2D eigenvalue weighted by Crippen LogP contribution is 2.38. The molecular formula is C17H19N5O3. The third-order valence-corrected chi connectivity index (χ3v) is 3.72. The van der Waals surface area contributed by atoms with Gasteiger partial charge in [0.05, 0.1) is 26.9 Å². The Morgan fingerprint density at radius 2 is 1.60 bits per heavy atom. The van der Waals surface area contributed by atoms with E-state index in [9.17, 15) is 0 Å². The fraction of sp³-hybridized carbons (Fsp3) is 0.235. The van der Waals surface area contributed by atoms with E-state index in [1.807, 2.05) is 22.9 Å². The van der Waals surface area contributed by atoms with Crippen LogP contribution in [-0.4, -0.2) is 40.8 Å². The van der Waals surface area contributed by atoms with Crippen molar-refractivity contribution >= 4 is 5.95 Å². The lowest BCUT2D eigenvalue weighted by atomic mass is 10.1. The van der Waals surface area contributed by atoms with Crippen molar-refractivity contribution in [1.82, 2.24) is 19.5 Å². The first-order chi connectivity index (χ1) is 12.2. The minimum atomic E-state index is 0.228. The van der Waals surface area contributed by atoms with Crippen LogP contribution in [0.5, 0.6) is 17.2 Å². The monoisotopic (exact) mass is 341 g/mol. The molecule has 3 aromatic rings. The highest BCUT2D eigenvalue weighted by Gasteiger charge is 2.14. The zero-order chi connectivity index (χ0) is 17.8. The first-order valence-corrected chi connectivity index (χ1v) is 7.54. The maximum absolute atomic E-state index is 5.54. The predicted molar refractivity (Wildman–Crippen MR) is 92.9 cm³/mol. The largest absolute Gasteiger partial charge is 0.493 e. The van der Waals surface area contributed by atoms with Gasteiger partial charge in [0.15, 0.2) is 11.5 Å². The molecule has 0 saturated carbocycles. The van der Waals surface area contributed by atoms with Crippen LogP contribution in [0.2, 0.25) is 0 Å². The Balaban J connectivity index is 1.96. The quantitative estimate of drug-likeness (QED) is 0.732. The van der Waals surface area contributed by atoms with Crippen LogP contribution in [0.15, 0.2) is 36.9 Å². The van der Waals surface area contributed by atoms with Gasteiger partial charge in [0, 0.05) is 31.3 Å². The molecule has 0 fully saturated rings. The summed E-state index contributed by atoms with van der Waals surface area (Å²) in [5.41, 5.74) is 7.30. The number of hydrogen-bond acceptors (Lipinski definition) is 7. The summed E-state index contributed by atoms with van der Waals surface area (Å²) in [7, 11) is 4.76. The molecule has 2 heterocycles. The van der Waals surface area contributed by atoms with Crippen molar-refractivity contribution < 1.29 is 14.2 Å². The summed E-state index contributed by atoms with van der Waals surface area (Å²) in [5, 5.41) is 0. The number of nitrogens with two attached hydrogens (primary N) is 1. The Bertz CT molecular complexity index is 836. The third-order valence-electron chi connectivity index (χ3n) is 3.72. The third kappa shape index (κ3) is 3.32. The van der Waals surface area contributed by atoms with Gasteiger partial charge in [0.1, 0.15) is 5.82 Å². The molecular weight excluding hydrogens is 322 g/mol. The second-order valence-corrected chi connectivity index (χ2v) is 5.24. The SMILES string of the molecule is COc1cc(Cn2ccnc2-c2cnc(N)nc2)cc(OC)c1OC. The lowest BCUT2D eigenvalue weighted by Gasteiger charge is -2.15. The van der Waals surface area contributed by atoms with Crippen molar-refractivity contribution in [3.63, 3.8) is 0 Å². The first kappa shape index (κ1) is 16.6. The molecule has 0 atom stereocenters. The molecule has 0 aliphatic heterocycles. The average molecular weight is 341 g/mol. The number of benzene rings is 1. The Morgan fingerprint density at radius 1 is 0.960 bits per heavy atom. The molecule has 0 spiro atoms. The molecule has 0 amide bonds. The summed E-state index contributed by atoms with van der Waals surface area (Å²) >= 11 is 0. The Morgan fingerprint density at radius 3 is 2.16 bits per heavy atom. The van der Waals surface area contributed by atoms with E-state index in [0.717, 1.165) is 17.0 Å². The van der Waals surface area contributed by atoms with Crippen molar-refractivity contribution in [3.05, 3.63) is 42.5 Å². The molecule has 2 N–H and O–H groups in total. The minimum Gasteiger partial charge on any atom is -0.493 e. The topological polar surface area (TPSA) is 97.3 Å². The Kier molecular flexibility index (Phi) is 4.69. The summed E-state index contributed by atoms with van der Waals surface area (Å²) in [6.45, 7) is 0.566. The second-order valence-electron chi connectivity index (χ2n) is 5.24. The normalized spacial score (nSPS) is 10.5. The van der Waals surface area contributed by atoms with E-state index in [-0.39, 0.29) is 5.95 Å². The van der Waals surface area contributed by atoms with Gasteiger partial charge in [-0.2, -0.15) is 0 Å². The van der Waals surface area contributed by atoms with Crippen molar-refractivity contribution in [1.29, 1.82) is 0 Å². The smallest absolute Gasteiger partial charge is 0.219 e. The molecule has 0 aliphatic carbocycles. The van der Waals surface area contributed by atoms with E-state index in [1.165, 1.54) is 0 Å². The Hall–Kier alpha value is -3.29. The maximum atomic E-state index is 5.54. The van der Waals surface area contributed by atoms with Gasteiger partial charge in [-0.15, -0.1) is 0 Å². The molecule has 3 rings (SSSR count). The van der Waals surface area contributed by atoms with Gasteiger partial charge < -0.3 is 24.5 Å². The molecule has 2 aromatic heterocycles. The van der Waals surface area contributed by atoms with Crippen molar-refractivity contribution in [2.75, 3.05) is 27.1 Å². The van der Waals surface area contributed by atoms with Gasteiger partial charge in [0.25, 0.3) is 0 Å². The summed E-state index contributed by atoms with van der Waals surface area (Å²) in [4.78, 5) is 12.4. The lowest BCUT2D eigenvalue weighted by molar-refractivity contribution is 0.323. The van der Waals surface area contributed by atoms with Crippen LogP contribution in [0.25, 0.3) is 11.4 Å². The number of nitrogen functional groups attached to an aromatic ring is 1. The fourth-order valence-electron chi connectivity index (χ4n) is 2.57. The summed E-state index contributed by atoms with van der Waals surface area (Å²) in [6.07, 6.45) is 6.91. The molecule has 0 bridgehead atoms. The van der Waals surface area contributed by atoms with Gasteiger partial charge in [-0.05, 0) is 17.7 Å². The van der Waals surface area contributed by atoms with Gasteiger partial charge in [-0.1, -0.05) is 0 Å². The first-order valence-electron chi connectivity index (χ1n) is 7.54. The van der Waals surface area contributed by atoms with Crippen LogP contribution < -0.4 is 19.9 Å². The molecule has 0 aliphatic rings. The molecule has 130 valence electrons. The van der Waals surface area contributed by atoms with Gasteiger partial charge in [-0.3, -0.25) is 0 Å². The average Bonchev–Trinajstić information content (AvgIpc) is 3.09. The molecule has 0 radical (unpaired) electrons. The molecule has 8 heteroatoms. The molecule has 0 unspecified atom stereocenters. The fourth-order valence-corrected chi connectivity index (χ4v) is 2.57. The maximum Gasteiger partial charge on any atom is 0.219 e. The van der Waals surface area contributed by atoms with E-state index in [2.05, 4.69) is 15.0 Å². The zero-order valence-corrected chi connectivity index (χ0v) is 14.3. The lowest BCUT2D eigenvalue weighted by Crippen LogP contribution is -2.04. The van der Waals surface area contributed by atoms with Crippen molar-refractivity contribution in [2.24, 2.45) is 0 Å². The minimum absolute atomic E-state index is 0.228. The van der Waals surface area contributed by atoms with E-state index in [4.69, 9.17) is 19.9 Å². The number of aromatic nitrogens is 4. The van der Waals surface area contributed by atoms with E-state index >= 15 is 0 Å². The molecule has 8 nitrogen and oxygen atoms in total. The zero-order valence-electron chi connectivity index (χ0n) is 14.3. The van der Waals surface area contributed by atoms with Crippen LogP contribution in [0, 0.1) is 0 Å². The summed E-state index contributed by atoms with van der Waals surface area (Å²) in [5.74, 6) is 2.75. The number of nitrogens with zero attached hydrogens (tertiary/aromatic N) is 4. The summed E-state index contributed by atoms with van der Waals surface area (Å²) < 4.78 is 18.1. The predicted octanol–water partition coefficient (Wildman–Crippen LogP) is 2.00. The molecule has 1 aromatic carbocycles. The standard InChI is InChI=1S/C17H19N5O3/c1-23-13-6-11(7-14(24-2)15(13)25-3)10-22-5-4-19-16(22)12-8-20-17(18)21-9-12/h4-9H,10H2,1-3H3,(H2,18,20,21). The number of ether oxygens (including phenoxy) is 3. The Labute approximate surface area is 145 Å². The van der Waals surface area contributed by atoms with Gasteiger partial charge in [0.2, 0.25) is 11.7 Å². The molecule has 0 saturated heterocycles. The van der Waals surface area contributed by atoms with Gasteiger partial charge >= 0.3 is 0 Å². The highest BCUT2D eigenvalue weighted by molar-refractivity contribution is 5.56. The number of imidazole rings is 1.